The van der Waals surface area contributed by atoms with Crippen LogP contribution in [0.15, 0.2) is 0 Å². The lowest BCUT2D eigenvalue weighted by atomic mass is 9.90. The number of aryl methyl sites for hydroxylation is 1. The molecule has 0 amide bonds. The Morgan fingerprint density at radius 2 is 1.95 bits per heavy atom. The van der Waals surface area contributed by atoms with E-state index in [1.165, 1.54) is 32.1 Å². The molecule has 0 unspecified atom stereocenters. The first kappa shape index (κ1) is 14.1. The molecule has 106 valence electrons. The van der Waals surface area contributed by atoms with Gasteiger partial charge in [-0.1, -0.05) is 26.2 Å². The zero-order valence-electron chi connectivity index (χ0n) is 12.1. The number of nitrogens with two attached hydrogens (primary N) is 1. The summed E-state index contributed by atoms with van der Waals surface area (Å²) in [5.41, 5.74) is 6.80. The second-order valence-corrected chi connectivity index (χ2v) is 5.52. The Balaban J connectivity index is 2.01. The van der Waals surface area contributed by atoms with Gasteiger partial charge in [0.05, 0.1) is 12.2 Å². The van der Waals surface area contributed by atoms with Crippen LogP contribution in [-0.2, 0) is 6.42 Å². The average molecular weight is 263 g/mol. The van der Waals surface area contributed by atoms with Crippen molar-refractivity contribution >= 4 is 5.82 Å². The molecule has 2 rings (SSSR count). The van der Waals surface area contributed by atoms with E-state index < -0.39 is 0 Å². The van der Waals surface area contributed by atoms with E-state index in [9.17, 15) is 0 Å². The SMILES string of the molecule is CCCc1nc(N)c(C)c(OCC2CCCCC2)n1. The van der Waals surface area contributed by atoms with Gasteiger partial charge in [0.2, 0.25) is 5.88 Å². The lowest BCUT2D eigenvalue weighted by Crippen LogP contribution is -2.17. The standard InChI is InChI=1S/C15H25N3O/c1-3-7-13-17-14(16)11(2)15(18-13)19-10-12-8-5-4-6-9-12/h12H,3-10H2,1-2H3,(H2,16,17,18). The zero-order valence-corrected chi connectivity index (χ0v) is 12.1. The highest BCUT2D eigenvalue weighted by molar-refractivity contribution is 5.44. The summed E-state index contributed by atoms with van der Waals surface area (Å²) >= 11 is 0. The number of rotatable bonds is 5. The minimum Gasteiger partial charge on any atom is -0.477 e. The van der Waals surface area contributed by atoms with E-state index in [0.29, 0.717) is 17.6 Å². The minimum absolute atomic E-state index is 0.553. The van der Waals surface area contributed by atoms with E-state index in [-0.39, 0.29) is 0 Å². The van der Waals surface area contributed by atoms with E-state index in [1.807, 2.05) is 6.92 Å². The molecule has 1 fully saturated rings. The number of nitrogens with zero attached hydrogens (tertiary/aromatic N) is 2. The fraction of sp³-hybridized carbons (Fsp3) is 0.733. The molecule has 2 N–H and O–H groups in total. The molecule has 1 saturated carbocycles. The van der Waals surface area contributed by atoms with Gasteiger partial charge in [-0.25, -0.2) is 4.98 Å². The first-order chi connectivity index (χ1) is 9.20. The predicted octanol–water partition coefficient (Wildman–Crippen LogP) is 3.28. The van der Waals surface area contributed by atoms with Crippen LogP contribution in [0.4, 0.5) is 5.82 Å². The van der Waals surface area contributed by atoms with Crippen LogP contribution >= 0.6 is 0 Å². The van der Waals surface area contributed by atoms with Gasteiger partial charge in [-0.15, -0.1) is 0 Å². The third-order valence-electron chi connectivity index (χ3n) is 3.84. The third kappa shape index (κ3) is 3.82. The van der Waals surface area contributed by atoms with Crippen molar-refractivity contribution in [1.29, 1.82) is 0 Å². The van der Waals surface area contributed by atoms with Gasteiger partial charge in [0.25, 0.3) is 0 Å². The smallest absolute Gasteiger partial charge is 0.221 e. The number of hydrogen-bond acceptors (Lipinski definition) is 4. The molecule has 0 aromatic carbocycles. The second kappa shape index (κ2) is 6.73. The molecule has 0 atom stereocenters. The Bertz CT molecular complexity index is 414. The van der Waals surface area contributed by atoms with Gasteiger partial charge in [-0.2, -0.15) is 4.98 Å². The molecule has 4 heteroatoms. The number of hydrogen-bond donors (Lipinski definition) is 1. The summed E-state index contributed by atoms with van der Waals surface area (Å²) in [6.45, 7) is 4.81. The molecule has 1 aliphatic carbocycles. The first-order valence-corrected chi connectivity index (χ1v) is 7.46. The summed E-state index contributed by atoms with van der Waals surface area (Å²) in [5, 5.41) is 0. The predicted molar refractivity (Wildman–Crippen MR) is 77.2 cm³/mol. The monoisotopic (exact) mass is 263 g/mol. The molecule has 0 radical (unpaired) electrons. The van der Waals surface area contributed by atoms with Gasteiger partial charge in [0.1, 0.15) is 11.6 Å². The van der Waals surface area contributed by atoms with Crippen LogP contribution in [0.2, 0.25) is 0 Å². The molecule has 19 heavy (non-hydrogen) atoms. The van der Waals surface area contributed by atoms with Crippen LogP contribution in [-0.4, -0.2) is 16.6 Å². The van der Waals surface area contributed by atoms with E-state index >= 15 is 0 Å². The Morgan fingerprint density at radius 1 is 1.21 bits per heavy atom. The van der Waals surface area contributed by atoms with Crippen molar-refractivity contribution in [3.8, 4) is 5.88 Å². The zero-order chi connectivity index (χ0) is 13.7. The topological polar surface area (TPSA) is 61.0 Å². The van der Waals surface area contributed by atoms with Crippen molar-refractivity contribution in [2.24, 2.45) is 5.92 Å². The Kier molecular flexibility index (Phi) is 5.00. The highest BCUT2D eigenvalue weighted by atomic mass is 16.5. The van der Waals surface area contributed by atoms with Crippen LogP contribution in [0, 0.1) is 12.8 Å². The van der Waals surface area contributed by atoms with Gasteiger partial charge >= 0.3 is 0 Å². The molecule has 0 aliphatic heterocycles. The van der Waals surface area contributed by atoms with Crippen LogP contribution in [0.3, 0.4) is 0 Å². The van der Waals surface area contributed by atoms with Gasteiger partial charge in [0.15, 0.2) is 0 Å². The quantitative estimate of drug-likeness (QED) is 0.885. The molecule has 1 aliphatic rings. The van der Waals surface area contributed by atoms with Crippen molar-refractivity contribution in [2.45, 2.75) is 58.8 Å². The van der Waals surface area contributed by atoms with Gasteiger partial charge < -0.3 is 10.5 Å². The summed E-state index contributed by atoms with van der Waals surface area (Å²) < 4.78 is 5.91. The van der Waals surface area contributed by atoms with Gasteiger partial charge in [0, 0.05) is 6.42 Å². The Hall–Kier alpha value is -1.32. The fourth-order valence-corrected chi connectivity index (χ4v) is 2.59. The number of nitrogen functional groups attached to an aromatic ring is 1. The molecule has 1 heterocycles. The number of ether oxygens (including phenoxy) is 1. The fourth-order valence-electron chi connectivity index (χ4n) is 2.59. The molecule has 0 spiro atoms. The van der Waals surface area contributed by atoms with E-state index in [4.69, 9.17) is 10.5 Å². The Labute approximate surface area is 115 Å². The van der Waals surface area contributed by atoms with Gasteiger partial charge in [-0.3, -0.25) is 0 Å². The maximum absolute atomic E-state index is 5.93. The van der Waals surface area contributed by atoms with Crippen LogP contribution in [0.1, 0.15) is 56.8 Å². The van der Waals surface area contributed by atoms with E-state index in [1.54, 1.807) is 0 Å². The highest BCUT2D eigenvalue weighted by Gasteiger charge is 2.16. The van der Waals surface area contributed by atoms with Crippen LogP contribution < -0.4 is 10.5 Å². The lowest BCUT2D eigenvalue weighted by molar-refractivity contribution is 0.201. The number of anilines is 1. The van der Waals surface area contributed by atoms with Crippen LogP contribution in [0.25, 0.3) is 0 Å². The molecule has 1 aromatic heterocycles. The molecular formula is C15H25N3O. The maximum atomic E-state index is 5.93. The average Bonchev–Trinajstić information content (AvgIpc) is 2.42. The van der Waals surface area contributed by atoms with E-state index in [2.05, 4.69) is 16.9 Å². The van der Waals surface area contributed by atoms with E-state index in [0.717, 1.165) is 30.8 Å². The molecule has 0 bridgehead atoms. The highest BCUT2D eigenvalue weighted by Crippen LogP contribution is 2.26. The molecular weight excluding hydrogens is 238 g/mol. The van der Waals surface area contributed by atoms with Crippen molar-refractivity contribution in [3.05, 3.63) is 11.4 Å². The molecule has 4 nitrogen and oxygen atoms in total. The summed E-state index contributed by atoms with van der Waals surface area (Å²) in [6.07, 6.45) is 8.47. The van der Waals surface area contributed by atoms with Crippen molar-refractivity contribution < 1.29 is 4.74 Å². The van der Waals surface area contributed by atoms with Crippen molar-refractivity contribution in [1.82, 2.24) is 9.97 Å². The summed E-state index contributed by atoms with van der Waals surface area (Å²) in [4.78, 5) is 8.80. The van der Waals surface area contributed by atoms with Gasteiger partial charge in [-0.05, 0) is 32.1 Å². The number of aromatic nitrogens is 2. The van der Waals surface area contributed by atoms with Crippen LogP contribution in [0.5, 0.6) is 5.88 Å². The summed E-state index contributed by atoms with van der Waals surface area (Å²) in [6, 6.07) is 0. The normalized spacial score (nSPS) is 16.5. The minimum atomic E-state index is 0.553. The molecule has 1 aromatic rings. The first-order valence-electron chi connectivity index (χ1n) is 7.46. The second-order valence-electron chi connectivity index (χ2n) is 5.52. The Morgan fingerprint density at radius 3 is 2.63 bits per heavy atom. The molecule has 0 saturated heterocycles. The third-order valence-corrected chi connectivity index (χ3v) is 3.84. The summed E-state index contributed by atoms with van der Waals surface area (Å²) in [5.74, 6) is 2.71. The van der Waals surface area contributed by atoms with Crippen molar-refractivity contribution in [3.63, 3.8) is 0 Å². The lowest BCUT2D eigenvalue weighted by Gasteiger charge is -2.22. The maximum Gasteiger partial charge on any atom is 0.221 e. The summed E-state index contributed by atoms with van der Waals surface area (Å²) in [7, 11) is 0. The largest absolute Gasteiger partial charge is 0.477 e. The van der Waals surface area contributed by atoms with Crippen molar-refractivity contribution in [2.75, 3.05) is 12.3 Å².